The van der Waals surface area contributed by atoms with Crippen LogP contribution in [0.3, 0.4) is 0 Å². The number of aryl methyl sites for hydroxylation is 1. The maximum absolute atomic E-state index is 11.1. The van der Waals surface area contributed by atoms with Crippen LogP contribution in [0.15, 0.2) is 29.2 Å². The molecule has 0 aliphatic heterocycles. The molecule has 0 spiro atoms. The van der Waals surface area contributed by atoms with Gasteiger partial charge in [0.2, 0.25) is 0 Å². The number of nitriles is 1. The molecule has 0 saturated heterocycles. The first-order valence-electron chi connectivity index (χ1n) is 3.53. The summed E-state index contributed by atoms with van der Waals surface area (Å²) < 4.78 is 22.1. The second-order valence-corrected chi connectivity index (χ2v) is 4.52. The minimum Gasteiger partial charge on any atom is -0.224 e. The van der Waals surface area contributed by atoms with Gasteiger partial charge in [-0.05, 0) is 18.6 Å². The largest absolute Gasteiger partial charge is 0.224 e. The van der Waals surface area contributed by atoms with Gasteiger partial charge >= 0.3 is 0 Å². The summed E-state index contributed by atoms with van der Waals surface area (Å²) in [4.78, 5) is 0.417. The van der Waals surface area contributed by atoms with E-state index in [0.717, 1.165) is 5.56 Å². The lowest BCUT2D eigenvalue weighted by Crippen LogP contribution is -1.98. The lowest BCUT2D eigenvalue weighted by Gasteiger charge is -2.00. The SMILES string of the molecule is C#N.Cc1ccccc1S(C)(=O)=O. The molecule has 13 heavy (non-hydrogen) atoms. The quantitative estimate of drug-likeness (QED) is 0.686. The van der Waals surface area contributed by atoms with E-state index in [1.807, 2.05) is 6.07 Å². The van der Waals surface area contributed by atoms with Crippen molar-refractivity contribution in [2.24, 2.45) is 0 Å². The third kappa shape index (κ3) is 3.26. The summed E-state index contributed by atoms with van der Waals surface area (Å²) in [5, 5.41) is 6.50. The molecule has 0 heterocycles. The fourth-order valence-electron chi connectivity index (χ4n) is 0.972. The van der Waals surface area contributed by atoms with E-state index in [2.05, 4.69) is 6.57 Å². The van der Waals surface area contributed by atoms with Crippen LogP contribution in [0.5, 0.6) is 0 Å². The van der Waals surface area contributed by atoms with Crippen LogP contribution in [0.25, 0.3) is 0 Å². The molecule has 70 valence electrons. The van der Waals surface area contributed by atoms with Gasteiger partial charge in [-0.2, -0.15) is 0 Å². The van der Waals surface area contributed by atoms with Gasteiger partial charge in [0.25, 0.3) is 0 Å². The highest BCUT2D eigenvalue weighted by Gasteiger charge is 2.07. The number of hydrogen-bond donors (Lipinski definition) is 0. The number of rotatable bonds is 1. The number of sulfone groups is 1. The van der Waals surface area contributed by atoms with E-state index in [1.165, 1.54) is 6.26 Å². The smallest absolute Gasteiger partial charge is 0.175 e. The Kier molecular flexibility index (Phi) is 4.15. The van der Waals surface area contributed by atoms with Crippen molar-refractivity contribution in [1.82, 2.24) is 0 Å². The highest BCUT2D eigenvalue weighted by Crippen LogP contribution is 2.12. The van der Waals surface area contributed by atoms with Crippen molar-refractivity contribution in [3.8, 4) is 6.57 Å². The molecule has 0 atom stereocenters. The fraction of sp³-hybridized carbons (Fsp3) is 0.222. The fourth-order valence-corrected chi connectivity index (χ4v) is 1.95. The zero-order valence-corrected chi connectivity index (χ0v) is 8.38. The van der Waals surface area contributed by atoms with Gasteiger partial charge in [0.15, 0.2) is 9.84 Å². The van der Waals surface area contributed by atoms with Gasteiger partial charge in [-0.15, -0.1) is 0 Å². The highest BCUT2D eigenvalue weighted by molar-refractivity contribution is 7.90. The Morgan fingerprint density at radius 3 is 2.00 bits per heavy atom. The molecule has 3 nitrogen and oxygen atoms in total. The first-order chi connectivity index (χ1) is 6.02. The van der Waals surface area contributed by atoms with E-state index < -0.39 is 9.84 Å². The molecule has 0 radical (unpaired) electrons. The lowest BCUT2D eigenvalue weighted by atomic mass is 10.2. The predicted octanol–water partition coefficient (Wildman–Crippen LogP) is 1.54. The maximum Gasteiger partial charge on any atom is 0.175 e. The minimum atomic E-state index is -3.03. The first-order valence-corrected chi connectivity index (χ1v) is 5.42. The van der Waals surface area contributed by atoms with Crippen molar-refractivity contribution in [1.29, 1.82) is 5.26 Å². The topological polar surface area (TPSA) is 57.9 Å². The Morgan fingerprint density at radius 1 is 1.23 bits per heavy atom. The summed E-state index contributed by atoms with van der Waals surface area (Å²) in [6.07, 6.45) is 1.22. The van der Waals surface area contributed by atoms with Crippen LogP contribution >= 0.6 is 0 Å². The minimum absolute atomic E-state index is 0.417. The van der Waals surface area contributed by atoms with Crippen LogP contribution in [-0.2, 0) is 9.84 Å². The second-order valence-electron chi connectivity index (χ2n) is 2.54. The van der Waals surface area contributed by atoms with Crippen LogP contribution in [0.1, 0.15) is 5.56 Å². The summed E-state index contributed by atoms with van der Waals surface area (Å²) in [6, 6.07) is 6.95. The van der Waals surface area contributed by atoms with Crippen molar-refractivity contribution in [2.75, 3.05) is 6.26 Å². The second kappa shape index (κ2) is 4.63. The standard InChI is InChI=1S/C8H10O2S.CHN/c1-7-5-3-4-6-8(7)11(2,9)10;1-2/h3-6H,1-2H3;1H. The van der Waals surface area contributed by atoms with E-state index >= 15 is 0 Å². The van der Waals surface area contributed by atoms with Gasteiger partial charge < -0.3 is 0 Å². The lowest BCUT2D eigenvalue weighted by molar-refractivity contribution is 0.601. The van der Waals surface area contributed by atoms with Gasteiger partial charge in [-0.3, -0.25) is 0 Å². The third-order valence-electron chi connectivity index (χ3n) is 1.49. The van der Waals surface area contributed by atoms with Crippen LogP contribution in [0.2, 0.25) is 0 Å². The molecular formula is C9H11NO2S. The van der Waals surface area contributed by atoms with E-state index in [9.17, 15) is 8.42 Å². The normalized spacial score (nSPS) is 9.85. The van der Waals surface area contributed by atoms with Crippen molar-refractivity contribution in [2.45, 2.75) is 11.8 Å². The number of nitrogens with zero attached hydrogens (tertiary/aromatic N) is 1. The molecule has 4 heteroatoms. The van der Waals surface area contributed by atoms with Gasteiger partial charge in [-0.1, -0.05) is 18.2 Å². The van der Waals surface area contributed by atoms with Crippen LogP contribution in [-0.4, -0.2) is 14.7 Å². The molecule has 0 aromatic heterocycles. The monoisotopic (exact) mass is 197 g/mol. The van der Waals surface area contributed by atoms with Crippen LogP contribution in [0, 0.1) is 18.8 Å². The summed E-state index contributed by atoms with van der Waals surface area (Å²) in [6.45, 7) is 5.29. The van der Waals surface area contributed by atoms with Gasteiger partial charge in [-0.25, -0.2) is 13.7 Å². The molecule has 0 amide bonds. The van der Waals surface area contributed by atoms with Gasteiger partial charge in [0.05, 0.1) is 4.90 Å². The molecule has 0 aliphatic rings. The third-order valence-corrected chi connectivity index (χ3v) is 2.75. The zero-order valence-electron chi connectivity index (χ0n) is 7.56. The van der Waals surface area contributed by atoms with E-state index in [0.29, 0.717) is 4.90 Å². The Bertz CT molecular complexity index is 393. The molecule has 1 aromatic rings. The molecule has 0 fully saturated rings. The van der Waals surface area contributed by atoms with Gasteiger partial charge in [0, 0.05) is 12.8 Å². The summed E-state index contributed by atoms with van der Waals surface area (Å²) >= 11 is 0. The molecule has 0 aliphatic carbocycles. The van der Waals surface area contributed by atoms with Crippen LogP contribution in [0.4, 0.5) is 0 Å². The average Bonchev–Trinajstić information content (AvgIpc) is 2.07. The molecule has 1 aromatic carbocycles. The molecule has 0 N–H and O–H groups in total. The van der Waals surface area contributed by atoms with Crippen molar-refractivity contribution in [3.63, 3.8) is 0 Å². The molecule has 1 rings (SSSR count). The Hall–Kier alpha value is -1.34. The maximum atomic E-state index is 11.1. The Balaban J connectivity index is 0.000000671. The summed E-state index contributed by atoms with van der Waals surface area (Å²) in [7, 11) is -3.03. The summed E-state index contributed by atoms with van der Waals surface area (Å²) in [5.41, 5.74) is 0.801. The van der Waals surface area contributed by atoms with E-state index in [4.69, 9.17) is 5.26 Å². The summed E-state index contributed by atoms with van der Waals surface area (Å²) in [5.74, 6) is 0. The average molecular weight is 197 g/mol. The molecular weight excluding hydrogens is 186 g/mol. The van der Waals surface area contributed by atoms with Crippen molar-refractivity contribution < 1.29 is 8.42 Å². The molecule has 0 bridgehead atoms. The van der Waals surface area contributed by atoms with Crippen molar-refractivity contribution >= 4 is 9.84 Å². The number of hydrogen-bond acceptors (Lipinski definition) is 3. The Labute approximate surface area is 78.6 Å². The van der Waals surface area contributed by atoms with Crippen LogP contribution < -0.4 is 0 Å². The molecule has 0 saturated carbocycles. The molecule has 0 unspecified atom stereocenters. The van der Waals surface area contributed by atoms with Gasteiger partial charge in [0.1, 0.15) is 0 Å². The number of benzene rings is 1. The van der Waals surface area contributed by atoms with Crippen molar-refractivity contribution in [3.05, 3.63) is 29.8 Å². The predicted molar refractivity (Wildman–Crippen MR) is 51.0 cm³/mol. The zero-order chi connectivity index (χ0) is 10.5. The first kappa shape index (κ1) is 11.7. The Morgan fingerprint density at radius 2 is 1.69 bits per heavy atom. The van der Waals surface area contributed by atoms with E-state index in [1.54, 1.807) is 25.1 Å². The van der Waals surface area contributed by atoms with E-state index in [-0.39, 0.29) is 0 Å². The highest BCUT2D eigenvalue weighted by atomic mass is 32.2.